The van der Waals surface area contributed by atoms with E-state index < -0.39 is 6.91 Å². The summed E-state index contributed by atoms with van der Waals surface area (Å²) in [6.07, 6.45) is 9.88. The van der Waals surface area contributed by atoms with Crippen LogP contribution in [0.4, 0.5) is 4.20 Å². The Balaban J connectivity index is 0.00000561. The summed E-state index contributed by atoms with van der Waals surface area (Å²) in [5.74, 6) is 1.99. The van der Waals surface area contributed by atoms with Crippen LogP contribution in [0.5, 0.6) is 5.75 Å². The SMILES string of the molecule is NC1=NC(c2ccc(OCCCCCCCCCCP(F)(c3ccccc3)(c3ccccc3)c3ccccc3)cc2)NC(=[NH+]CCc2ccccc2)N1.[Cl-]. The molecule has 1 atom stereocenters. The molecule has 5 aromatic rings. The van der Waals surface area contributed by atoms with Gasteiger partial charge in [0.2, 0.25) is 0 Å². The number of guanidine groups is 2. The van der Waals surface area contributed by atoms with E-state index in [-0.39, 0.29) is 18.6 Å². The Bertz CT molecular complexity index is 1800. The van der Waals surface area contributed by atoms with Gasteiger partial charge < -0.3 is 18.1 Å². The van der Waals surface area contributed by atoms with Crippen LogP contribution in [-0.4, -0.2) is 31.2 Å². The minimum atomic E-state index is -4.12. The normalized spacial score (nSPS) is 15.5. The molecule has 0 aliphatic carbocycles. The number of aliphatic imine (C=N–C) groups is 1. The number of nitrogens with one attached hydrogen (secondary N) is 3. The number of unbranched alkanes of at least 4 members (excludes halogenated alkanes) is 7. The maximum atomic E-state index is 18.6. The van der Waals surface area contributed by atoms with Crippen molar-refractivity contribution in [3.63, 3.8) is 0 Å². The molecule has 0 fully saturated rings. The predicted molar refractivity (Wildman–Crippen MR) is 222 cm³/mol. The molecule has 1 aliphatic heterocycles. The zero-order valence-corrected chi connectivity index (χ0v) is 32.7. The van der Waals surface area contributed by atoms with E-state index in [1.807, 2.05) is 121 Å². The van der Waals surface area contributed by atoms with Crippen molar-refractivity contribution in [3.8, 4) is 5.75 Å². The fraction of sp³-hybridized carbons (Fsp3) is 0.289. The third kappa shape index (κ3) is 10.3. The molecular weight excluding hydrogens is 712 g/mol. The Morgan fingerprint density at radius 1 is 0.630 bits per heavy atom. The van der Waals surface area contributed by atoms with Gasteiger partial charge in [0.25, 0.3) is 5.96 Å². The van der Waals surface area contributed by atoms with Crippen LogP contribution >= 0.6 is 6.91 Å². The third-order valence-electron chi connectivity index (χ3n) is 10.2. The monoisotopic (exact) mass is 765 g/mol. The van der Waals surface area contributed by atoms with E-state index in [4.69, 9.17) is 10.5 Å². The van der Waals surface area contributed by atoms with Crippen molar-refractivity contribution in [2.75, 3.05) is 19.3 Å². The molecule has 0 radical (unpaired) electrons. The second-order valence-corrected chi connectivity index (χ2v) is 18.2. The van der Waals surface area contributed by atoms with Gasteiger partial charge in [0.1, 0.15) is 0 Å². The van der Waals surface area contributed by atoms with Crippen molar-refractivity contribution in [2.45, 2.75) is 64.0 Å². The van der Waals surface area contributed by atoms with E-state index in [2.05, 4.69) is 44.9 Å². The van der Waals surface area contributed by atoms with Gasteiger partial charge in [0.15, 0.2) is 6.17 Å². The predicted octanol–water partition coefficient (Wildman–Crippen LogP) is 3.79. The number of nitrogens with zero attached hydrogens (tertiary/aromatic N) is 1. The molecule has 0 saturated carbocycles. The first-order valence-corrected chi connectivity index (χ1v) is 21.5. The summed E-state index contributed by atoms with van der Waals surface area (Å²) in [7, 11) is 0. The quantitative estimate of drug-likeness (QED) is 0.0763. The average Bonchev–Trinajstić information content (AvgIpc) is 3.21. The Kier molecular flexibility index (Phi) is 15.1. The van der Waals surface area contributed by atoms with Gasteiger partial charge in [0, 0.05) is 12.0 Å². The van der Waals surface area contributed by atoms with Crippen LogP contribution in [0.2, 0.25) is 0 Å². The maximum Gasteiger partial charge on any atom is 0.352 e. The largest absolute Gasteiger partial charge is 1.00 e. The van der Waals surface area contributed by atoms with Gasteiger partial charge >= 0.3 is 199 Å². The van der Waals surface area contributed by atoms with E-state index in [0.29, 0.717) is 18.7 Å². The second-order valence-electron chi connectivity index (χ2n) is 13.9. The number of rotatable bonds is 19. The smallest absolute Gasteiger partial charge is 0.352 e. The van der Waals surface area contributed by atoms with E-state index in [9.17, 15) is 0 Å². The molecular formula is C45H54ClFN5OP. The van der Waals surface area contributed by atoms with Crippen LogP contribution in [0, 0.1) is 0 Å². The summed E-state index contributed by atoms with van der Waals surface area (Å²) in [6, 6.07) is 48.2. The van der Waals surface area contributed by atoms with Gasteiger partial charge in [-0.15, -0.1) is 0 Å². The zero-order valence-electron chi connectivity index (χ0n) is 31.1. The van der Waals surface area contributed by atoms with Gasteiger partial charge in [-0.3, -0.25) is 10.3 Å². The summed E-state index contributed by atoms with van der Waals surface area (Å²) >= 11 is 0. The van der Waals surface area contributed by atoms with Crippen LogP contribution in [0.3, 0.4) is 0 Å². The van der Waals surface area contributed by atoms with Gasteiger partial charge in [-0.05, 0) is 29.8 Å². The Labute approximate surface area is 327 Å². The van der Waals surface area contributed by atoms with Gasteiger partial charge in [0.05, 0.1) is 6.54 Å². The fourth-order valence-corrected chi connectivity index (χ4v) is 12.2. The van der Waals surface area contributed by atoms with Crippen molar-refractivity contribution in [1.29, 1.82) is 0 Å². The van der Waals surface area contributed by atoms with E-state index in [1.54, 1.807) is 0 Å². The molecule has 6 rings (SSSR count). The molecule has 0 saturated heterocycles. The first kappa shape index (κ1) is 40.5. The minimum Gasteiger partial charge on any atom is -1.00 e. The van der Waals surface area contributed by atoms with Gasteiger partial charge in [-0.2, -0.15) is 4.99 Å². The molecule has 1 aliphatic rings. The van der Waals surface area contributed by atoms with Crippen molar-refractivity contribution in [1.82, 2.24) is 10.6 Å². The Morgan fingerprint density at radius 2 is 1.11 bits per heavy atom. The van der Waals surface area contributed by atoms with Gasteiger partial charge in [-0.1, -0.05) is 30.3 Å². The number of nitrogens with two attached hydrogens (primary N) is 1. The van der Waals surface area contributed by atoms with Crippen LogP contribution in [0.15, 0.2) is 151 Å². The van der Waals surface area contributed by atoms with E-state index >= 15 is 4.20 Å². The standard InChI is InChI=1S/C45H53FN5OP.ClH/c46-53(40-23-13-8-14-24-40,41-25-15-9-16-26-41,42-27-17-10-18-28-42)36-20-6-4-2-1-3-5-19-35-52-39-31-29-38(30-32-39)43-49-44(47)51-45(50-43)48-34-33-37-21-11-7-12-22-37;/h7-18,21-32,43H,1-6,19-20,33-36H2,(H4,47,48,49,50,51);1H. The number of ether oxygens (including phenoxy) is 1. The van der Waals surface area contributed by atoms with Crippen LogP contribution < -0.4 is 54.4 Å². The van der Waals surface area contributed by atoms with Crippen LogP contribution in [0.1, 0.15) is 68.7 Å². The molecule has 0 aromatic heterocycles. The molecule has 0 amide bonds. The molecule has 284 valence electrons. The molecule has 0 spiro atoms. The number of hydrogen-bond donors (Lipinski definition) is 4. The average molecular weight is 766 g/mol. The fourth-order valence-electron chi connectivity index (χ4n) is 7.29. The van der Waals surface area contributed by atoms with E-state index in [1.165, 1.54) is 24.8 Å². The summed E-state index contributed by atoms with van der Waals surface area (Å²) in [6.45, 7) is -2.66. The molecule has 5 aromatic carbocycles. The summed E-state index contributed by atoms with van der Waals surface area (Å²) in [5, 5.41) is 8.94. The minimum absolute atomic E-state index is 0. The van der Waals surface area contributed by atoms with Gasteiger partial charge in [-0.25, -0.2) is 5.32 Å². The maximum absolute atomic E-state index is 18.6. The first-order valence-electron chi connectivity index (χ1n) is 19.2. The molecule has 1 heterocycles. The summed E-state index contributed by atoms with van der Waals surface area (Å²) in [5.41, 5.74) is 8.38. The molecule has 6 nitrogen and oxygen atoms in total. The third-order valence-corrected chi connectivity index (χ3v) is 15.5. The van der Waals surface area contributed by atoms with Crippen molar-refractivity contribution < 1.29 is 26.3 Å². The molecule has 5 N–H and O–H groups in total. The topological polar surface area (TPSA) is 85.6 Å². The number of halogens is 2. The van der Waals surface area contributed by atoms with E-state index in [0.717, 1.165) is 78.3 Å². The van der Waals surface area contributed by atoms with Crippen LogP contribution in [-0.2, 0) is 6.42 Å². The van der Waals surface area contributed by atoms with Crippen molar-refractivity contribution in [3.05, 3.63) is 157 Å². The molecule has 9 heteroatoms. The van der Waals surface area contributed by atoms with Crippen LogP contribution in [0.25, 0.3) is 0 Å². The molecule has 0 bridgehead atoms. The first-order chi connectivity index (χ1) is 26.0. The zero-order chi connectivity index (χ0) is 36.6. The number of benzene rings is 5. The molecule has 1 unspecified atom stereocenters. The number of hydrogen-bond acceptors (Lipinski definition) is 3. The summed E-state index contributed by atoms with van der Waals surface area (Å²) < 4.78 is 24.6. The second kappa shape index (κ2) is 20.1. The Morgan fingerprint density at radius 3 is 1.65 bits per heavy atom. The summed E-state index contributed by atoms with van der Waals surface area (Å²) in [4.78, 5) is 7.93. The Hall–Kier alpha value is -4.71. The van der Waals surface area contributed by atoms with Crippen molar-refractivity contribution >= 4 is 34.7 Å². The van der Waals surface area contributed by atoms with Crippen molar-refractivity contribution in [2.24, 2.45) is 10.7 Å². The molecule has 54 heavy (non-hydrogen) atoms.